The molecule has 85 heavy (non-hydrogen) atoms. The van der Waals surface area contributed by atoms with E-state index in [0.29, 0.717) is 94.0 Å². The Balaban J connectivity index is 0.793. The largest absolute Gasteiger partial charge is 0.486 e. The van der Waals surface area contributed by atoms with E-state index in [9.17, 15) is 29.7 Å². The first kappa shape index (κ1) is 54.6. The lowest BCUT2D eigenvalue weighted by Crippen LogP contribution is -2.50. The molecule has 7 unspecified atom stereocenters. The second-order valence-corrected chi connectivity index (χ2v) is 23.4. The Bertz CT molecular complexity index is 4130. The van der Waals surface area contributed by atoms with Crippen LogP contribution < -0.4 is 30.6 Å². The van der Waals surface area contributed by atoms with Gasteiger partial charge in [-0.25, -0.2) is 4.39 Å². The van der Waals surface area contributed by atoms with Crippen molar-refractivity contribution in [1.82, 2.24) is 60.2 Å². The predicted molar refractivity (Wildman–Crippen MR) is 314 cm³/mol. The maximum Gasteiger partial charge on any atom is 0.319 e. The van der Waals surface area contributed by atoms with Gasteiger partial charge in [-0.1, -0.05) is 36.4 Å². The number of aryl methyl sites for hydroxylation is 1. The molecule has 0 spiro atoms. The zero-order valence-electron chi connectivity index (χ0n) is 47.3. The van der Waals surface area contributed by atoms with Crippen molar-refractivity contribution in [1.29, 1.82) is 0 Å². The highest BCUT2D eigenvalue weighted by molar-refractivity contribution is 6.07. The topological polar surface area (TPSA) is 276 Å². The number of piperazine rings is 1. The molecule has 5 aliphatic rings. The van der Waals surface area contributed by atoms with E-state index in [0.717, 1.165) is 71.3 Å². The number of rotatable bonds is 17. The fraction of sp³-hybridized carbons (Fsp3) is 0.419. The van der Waals surface area contributed by atoms with Crippen molar-refractivity contribution < 1.29 is 43.5 Å². The number of likely N-dealkylation sites (tertiary alicyclic amines) is 1. The molecule has 4 aromatic carbocycles. The molecule has 1 aliphatic carbocycles. The Morgan fingerprint density at radius 2 is 1.76 bits per heavy atom. The number of amides is 2. The summed E-state index contributed by atoms with van der Waals surface area (Å²) in [7, 11) is 0. The third-order valence-electron chi connectivity index (χ3n) is 17.9. The average Bonchev–Trinajstić information content (AvgIpc) is 2.09. The number of nitrogens with one attached hydrogen (secondary N) is 4. The van der Waals surface area contributed by atoms with Crippen molar-refractivity contribution >= 4 is 61.2 Å². The van der Waals surface area contributed by atoms with Crippen molar-refractivity contribution in [2.24, 2.45) is 0 Å². The third-order valence-corrected chi connectivity index (χ3v) is 17.9. The van der Waals surface area contributed by atoms with Crippen molar-refractivity contribution in [2.45, 2.75) is 127 Å². The van der Waals surface area contributed by atoms with Crippen LogP contribution in [-0.4, -0.2) is 153 Å². The first-order valence-electron chi connectivity index (χ1n) is 29.4. The number of H-pyrrole nitrogens is 2. The first-order valence-corrected chi connectivity index (χ1v) is 29.4. The Hall–Kier alpha value is -8.35. The molecule has 9 heterocycles. The van der Waals surface area contributed by atoms with E-state index in [1.165, 1.54) is 28.8 Å². The van der Waals surface area contributed by atoms with Crippen molar-refractivity contribution in [2.75, 3.05) is 44.4 Å². The summed E-state index contributed by atoms with van der Waals surface area (Å²) in [5.74, 6) is -0.310. The maximum atomic E-state index is 16.2. The van der Waals surface area contributed by atoms with Gasteiger partial charge < -0.3 is 54.9 Å². The molecule has 5 aromatic heterocycles. The van der Waals surface area contributed by atoms with Crippen LogP contribution >= 0.6 is 0 Å². The highest BCUT2D eigenvalue weighted by Gasteiger charge is 2.45. The molecular formula is C62H66FN13O9. The molecule has 440 valence electrons. The molecular weight excluding hydrogens is 1090 g/mol. The fourth-order valence-corrected chi connectivity index (χ4v) is 13.3. The number of pyridine rings is 1. The van der Waals surface area contributed by atoms with Crippen LogP contribution in [0.2, 0.25) is 0 Å². The third kappa shape index (κ3) is 9.89. The van der Waals surface area contributed by atoms with Crippen LogP contribution in [0, 0.1) is 12.7 Å². The van der Waals surface area contributed by atoms with Gasteiger partial charge in [-0.15, -0.1) is 0 Å². The van der Waals surface area contributed by atoms with Crippen LogP contribution in [0.3, 0.4) is 0 Å². The molecule has 0 radical (unpaired) electrons. The number of benzene rings is 4. The number of hydrogen-bond acceptors (Lipinski definition) is 16. The number of carbonyl (C=O) groups excluding carboxylic acids is 2. The van der Waals surface area contributed by atoms with Crippen LogP contribution in [0.25, 0.3) is 66.0 Å². The Kier molecular flexibility index (Phi) is 14.1. The second-order valence-electron chi connectivity index (χ2n) is 23.4. The summed E-state index contributed by atoms with van der Waals surface area (Å²) in [6.07, 6.45) is 6.55. The molecule has 7 atom stereocenters. The number of β-amino-alcohol motifs (C(OH)–C–C–N with tert-alkyl or cyclic N) is 1. The second kappa shape index (κ2) is 21.9. The van der Waals surface area contributed by atoms with Crippen molar-refractivity contribution in [3.05, 3.63) is 118 Å². The highest BCUT2D eigenvalue weighted by Crippen LogP contribution is 2.54. The minimum atomic E-state index is -1.41. The minimum Gasteiger partial charge on any atom is -0.486 e. The van der Waals surface area contributed by atoms with Crippen molar-refractivity contribution in [3.63, 3.8) is 0 Å². The Morgan fingerprint density at radius 1 is 0.941 bits per heavy atom. The van der Waals surface area contributed by atoms with Gasteiger partial charge in [0, 0.05) is 108 Å². The van der Waals surface area contributed by atoms with Gasteiger partial charge >= 0.3 is 6.01 Å². The zero-order valence-corrected chi connectivity index (χ0v) is 47.3. The molecule has 9 aromatic rings. The van der Waals surface area contributed by atoms with Gasteiger partial charge in [-0.2, -0.15) is 25.3 Å². The van der Waals surface area contributed by atoms with Crippen LogP contribution in [0.15, 0.2) is 84.0 Å². The molecule has 2 amide bonds. The van der Waals surface area contributed by atoms with Gasteiger partial charge in [0.25, 0.3) is 11.5 Å². The van der Waals surface area contributed by atoms with Crippen LogP contribution in [-0.2, 0) is 27.5 Å². The zero-order chi connectivity index (χ0) is 58.4. The number of anilines is 1. The fourth-order valence-electron chi connectivity index (χ4n) is 13.3. The highest BCUT2D eigenvalue weighted by atomic mass is 19.1. The van der Waals surface area contributed by atoms with E-state index in [-0.39, 0.29) is 49.2 Å². The van der Waals surface area contributed by atoms with Gasteiger partial charge in [0.15, 0.2) is 17.3 Å². The van der Waals surface area contributed by atoms with E-state index < -0.39 is 60.1 Å². The lowest BCUT2D eigenvalue weighted by Gasteiger charge is -2.31. The number of aromatic amines is 2. The van der Waals surface area contributed by atoms with Crippen molar-refractivity contribution in [3.8, 4) is 34.1 Å². The number of aromatic nitrogens is 9. The summed E-state index contributed by atoms with van der Waals surface area (Å²) in [5, 5.41) is 58.1. The smallest absolute Gasteiger partial charge is 0.319 e. The number of fused-ring (bicyclic) bond motifs is 7. The van der Waals surface area contributed by atoms with Gasteiger partial charge in [-0.3, -0.25) is 28.8 Å². The Labute approximate surface area is 486 Å². The van der Waals surface area contributed by atoms with Gasteiger partial charge in [-0.05, 0) is 98.0 Å². The molecule has 4 aliphatic heterocycles. The summed E-state index contributed by atoms with van der Waals surface area (Å²) < 4.78 is 38.8. The van der Waals surface area contributed by atoms with E-state index in [1.807, 2.05) is 60.1 Å². The summed E-state index contributed by atoms with van der Waals surface area (Å²) in [6.45, 7) is 7.95. The number of halogens is 1. The molecule has 23 heteroatoms. The number of carbonyl (C=O) groups is 2. The molecule has 7 N–H and O–H groups in total. The number of aliphatic hydroxyl groups is 3. The van der Waals surface area contributed by atoms with Gasteiger partial charge in [0.2, 0.25) is 5.91 Å². The summed E-state index contributed by atoms with van der Waals surface area (Å²) in [5.41, 5.74) is 6.94. The number of nitrogens with zero attached hydrogens (tertiary/aromatic N) is 9. The van der Waals surface area contributed by atoms with E-state index in [2.05, 4.69) is 47.0 Å². The normalized spacial score (nSPS) is 21.0. The molecule has 4 saturated heterocycles. The number of ether oxygens (including phenoxy) is 3. The molecule has 22 nitrogen and oxygen atoms in total. The molecule has 5 fully saturated rings. The van der Waals surface area contributed by atoms with Crippen LogP contribution in [0.4, 0.5) is 10.2 Å². The number of aliphatic hydroxyl groups excluding tert-OH is 3. The maximum absolute atomic E-state index is 16.2. The summed E-state index contributed by atoms with van der Waals surface area (Å²) in [6, 6.07) is 15.8. The molecule has 14 rings (SSSR count). The lowest BCUT2D eigenvalue weighted by atomic mass is 9.88. The van der Waals surface area contributed by atoms with Crippen LogP contribution in [0.5, 0.6) is 11.8 Å². The summed E-state index contributed by atoms with van der Waals surface area (Å²) >= 11 is 0. The minimum absolute atomic E-state index is 0.00521. The lowest BCUT2D eigenvalue weighted by molar-refractivity contribution is -0.144. The SMILES string of the molecule is CCn1nccc1-c1ccc(C(CO)NC(=O)C2CC(O)CN2C(=O)C(C(C)O)n2cc3c(n2)c(=O)[nH]c2cc(COc4c(-c5c(C)c(F)cc6[nH]ncc56)c(C5CC5)cc5c(N6CC7CC6CN7)nc(OC6CCOCC6)nc45)ccc23)cc1. The molecule has 2 bridgehead atoms. The average molecular weight is 1160 g/mol. The Morgan fingerprint density at radius 3 is 2.51 bits per heavy atom. The quantitative estimate of drug-likeness (QED) is 0.0551. The van der Waals surface area contributed by atoms with Gasteiger partial charge in [0.1, 0.15) is 35.9 Å². The van der Waals surface area contributed by atoms with Gasteiger partial charge in [0.05, 0.1) is 55.5 Å². The standard InChI is InChI=1S/C62H66FN13O9/c1-4-75-50(13-16-66-75)36-10-8-35(9-11-36)49(29-77)68-59(80)51-21-39(79)27-74(51)61(82)56(32(3)78)76-28-45-41-12-5-33(19-47(41)67-60(81)55(45)72-76)30-84-57-53(52-31(2)46(63)23-48-44(52)25-65-71-48)42(34-6-7-34)22-43-54(57)69-62(85-40-14-17-83-18-15-40)70-58(43)73-26-37-20-38(73)24-64-37/h5,8-13,16,19,22-23,25,28,32,34,37-40,49,51,56,64,77-79H,4,6-7,14-15,17-18,20-21,24,26-27,29-30H2,1-3H3,(H,65,71)(H,67,81)(H,68,80). The number of hydrogen-bond donors (Lipinski definition) is 7. The van der Waals surface area contributed by atoms with E-state index >= 15 is 4.39 Å². The summed E-state index contributed by atoms with van der Waals surface area (Å²) in [4.78, 5) is 59.9. The molecule has 1 saturated carbocycles. The first-order chi connectivity index (χ1) is 41.3. The predicted octanol–water partition coefficient (Wildman–Crippen LogP) is 5.99. The van der Waals surface area contributed by atoms with E-state index in [4.69, 9.17) is 24.2 Å². The van der Waals surface area contributed by atoms with Crippen LogP contribution in [0.1, 0.15) is 92.6 Å². The monoisotopic (exact) mass is 1160 g/mol. The van der Waals surface area contributed by atoms with E-state index in [1.54, 1.807) is 19.3 Å².